The monoisotopic (exact) mass is 204 g/mol. The van der Waals surface area contributed by atoms with Gasteiger partial charge in [-0.1, -0.05) is 11.8 Å². The van der Waals surface area contributed by atoms with Gasteiger partial charge >= 0.3 is 0 Å². The van der Waals surface area contributed by atoms with E-state index < -0.39 is 0 Å². The Morgan fingerprint density at radius 3 is 3.21 bits per heavy atom. The predicted molar refractivity (Wildman–Crippen MR) is 61.0 cm³/mol. The van der Waals surface area contributed by atoms with Crippen LogP contribution in [0.5, 0.6) is 5.75 Å². The second kappa shape index (κ2) is 4.43. The normalized spacial score (nSPS) is 12.6. The zero-order chi connectivity index (χ0) is 9.80. The maximum Gasteiger partial charge on any atom is 0.122 e. The molecule has 0 amide bonds. The summed E-state index contributed by atoms with van der Waals surface area (Å²) < 4.78 is 5.42. The lowest BCUT2D eigenvalue weighted by Gasteiger charge is -1.97. The summed E-state index contributed by atoms with van der Waals surface area (Å²) in [5, 5.41) is 0. The van der Waals surface area contributed by atoms with Gasteiger partial charge in [0, 0.05) is 24.2 Å². The van der Waals surface area contributed by atoms with Crippen LogP contribution in [-0.4, -0.2) is 12.4 Å². The van der Waals surface area contributed by atoms with Crippen LogP contribution in [0.2, 0.25) is 0 Å². The Balaban J connectivity index is 2.18. The van der Waals surface area contributed by atoms with Gasteiger partial charge < -0.3 is 4.74 Å². The highest BCUT2D eigenvalue weighted by Gasteiger charge is 2.10. The Kier molecular flexibility index (Phi) is 3.00. The molecule has 0 aromatic heterocycles. The summed E-state index contributed by atoms with van der Waals surface area (Å²) in [7, 11) is 0. The summed E-state index contributed by atoms with van der Waals surface area (Å²) in [6.07, 6.45) is 1.86. The first kappa shape index (κ1) is 9.48. The summed E-state index contributed by atoms with van der Waals surface area (Å²) in [6.45, 7) is 0.808. The van der Waals surface area contributed by atoms with Crippen molar-refractivity contribution in [2.75, 3.05) is 12.4 Å². The van der Waals surface area contributed by atoms with Gasteiger partial charge in [-0.3, -0.25) is 0 Å². The van der Waals surface area contributed by atoms with Crippen molar-refractivity contribution in [3.8, 4) is 17.6 Å². The molecule has 0 N–H and O–H groups in total. The van der Waals surface area contributed by atoms with Gasteiger partial charge in [-0.2, -0.15) is 12.6 Å². The minimum atomic E-state index is 0.808. The van der Waals surface area contributed by atoms with Crippen LogP contribution in [0.1, 0.15) is 17.5 Å². The van der Waals surface area contributed by atoms with Gasteiger partial charge in [-0.15, -0.1) is 0 Å². The van der Waals surface area contributed by atoms with Crippen LogP contribution in [0.4, 0.5) is 0 Å². The molecule has 0 atom stereocenters. The highest BCUT2D eigenvalue weighted by atomic mass is 32.1. The van der Waals surface area contributed by atoms with Crippen LogP contribution < -0.4 is 4.74 Å². The van der Waals surface area contributed by atoms with Gasteiger partial charge in [0.25, 0.3) is 0 Å². The van der Waals surface area contributed by atoms with E-state index >= 15 is 0 Å². The summed E-state index contributed by atoms with van der Waals surface area (Å²) in [5.74, 6) is 8.03. The number of rotatable bonds is 1. The second-order valence-electron chi connectivity index (χ2n) is 3.20. The molecule has 0 fully saturated rings. The molecule has 0 aliphatic carbocycles. The SMILES string of the molecule is SCCC#Cc1ccc2c(c1)CCO2. The van der Waals surface area contributed by atoms with E-state index in [9.17, 15) is 0 Å². The molecule has 0 radical (unpaired) electrons. The van der Waals surface area contributed by atoms with Crippen molar-refractivity contribution in [2.45, 2.75) is 12.8 Å². The Hall–Kier alpha value is -1.07. The Bertz CT molecular complexity index is 387. The third kappa shape index (κ3) is 2.05. The van der Waals surface area contributed by atoms with Crippen LogP contribution in [0, 0.1) is 11.8 Å². The summed E-state index contributed by atoms with van der Waals surface area (Å²) in [6, 6.07) is 6.14. The van der Waals surface area contributed by atoms with Gasteiger partial charge in [0.2, 0.25) is 0 Å². The van der Waals surface area contributed by atoms with Crippen molar-refractivity contribution in [3.63, 3.8) is 0 Å². The molecule has 0 saturated heterocycles. The number of hydrogen-bond acceptors (Lipinski definition) is 2. The maximum absolute atomic E-state index is 5.42. The van der Waals surface area contributed by atoms with Gasteiger partial charge in [-0.25, -0.2) is 0 Å². The number of ether oxygens (including phenoxy) is 1. The van der Waals surface area contributed by atoms with Crippen molar-refractivity contribution >= 4 is 12.6 Å². The van der Waals surface area contributed by atoms with E-state index in [-0.39, 0.29) is 0 Å². The summed E-state index contributed by atoms with van der Waals surface area (Å²) in [4.78, 5) is 0. The quantitative estimate of drug-likeness (QED) is 0.545. The summed E-state index contributed by atoms with van der Waals surface area (Å²) in [5.41, 5.74) is 2.36. The fourth-order valence-electron chi connectivity index (χ4n) is 1.48. The van der Waals surface area contributed by atoms with Gasteiger partial charge in [0.1, 0.15) is 5.75 Å². The maximum atomic E-state index is 5.42. The zero-order valence-corrected chi connectivity index (χ0v) is 8.81. The molecule has 0 saturated carbocycles. The van der Waals surface area contributed by atoms with Crippen LogP contribution in [-0.2, 0) is 6.42 Å². The molecule has 1 heterocycles. The van der Waals surface area contributed by atoms with Crippen molar-refractivity contribution in [1.82, 2.24) is 0 Å². The molecule has 0 spiro atoms. The first-order valence-electron chi connectivity index (χ1n) is 4.75. The van der Waals surface area contributed by atoms with Gasteiger partial charge in [0.15, 0.2) is 0 Å². The molecule has 1 aliphatic rings. The first-order valence-corrected chi connectivity index (χ1v) is 5.39. The fraction of sp³-hybridized carbons (Fsp3) is 0.333. The van der Waals surface area contributed by atoms with Gasteiger partial charge in [-0.05, 0) is 23.8 Å². The molecule has 2 rings (SSSR count). The van der Waals surface area contributed by atoms with E-state index in [1.165, 1.54) is 5.56 Å². The van der Waals surface area contributed by atoms with Crippen molar-refractivity contribution < 1.29 is 4.74 Å². The Morgan fingerprint density at radius 1 is 1.43 bits per heavy atom. The minimum absolute atomic E-state index is 0.808. The largest absolute Gasteiger partial charge is 0.493 e. The first-order chi connectivity index (χ1) is 6.90. The molecule has 0 unspecified atom stereocenters. The van der Waals surface area contributed by atoms with Crippen molar-refractivity contribution in [3.05, 3.63) is 29.3 Å². The highest BCUT2D eigenvalue weighted by Crippen LogP contribution is 2.25. The molecule has 2 heteroatoms. The third-order valence-electron chi connectivity index (χ3n) is 2.16. The van der Waals surface area contributed by atoms with Crippen molar-refractivity contribution in [2.24, 2.45) is 0 Å². The van der Waals surface area contributed by atoms with Crippen LogP contribution >= 0.6 is 12.6 Å². The molecular formula is C12H12OS. The van der Waals surface area contributed by atoms with E-state index in [0.717, 1.165) is 36.5 Å². The second-order valence-corrected chi connectivity index (χ2v) is 3.64. The number of thiol groups is 1. The molecule has 1 aromatic carbocycles. The molecule has 1 nitrogen and oxygen atoms in total. The smallest absolute Gasteiger partial charge is 0.122 e. The van der Waals surface area contributed by atoms with Crippen LogP contribution in [0.25, 0.3) is 0 Å². The van der Waals surface area contributed by atoms with E-state index in [0.29, 0.717) is 0 Å². The standard InChI is InChI=1S/C12H12OS/c14-8-2-1-3-10-4-5-12-11(9-10)6-7-13-12/h4-5,9,14H,2,6-8H2. The molecule has 0 bridgehead atoms. The molecule has 1 aromatic rings. The average molecular weight is 204 g/mol. The highest BCUT2D eigenvalue weighted by molar-refractivity contribution is 7.80. The molecule has 1 aliphatic heterocycles. The number of benzene rings is 1. The Labute approximate surface area is 89.9 Å². The Morgan fingerprint density at radius 2 is 2.36 bits per heavy atom. The lowest BCUT2D eigenvalue weighted by molar-refractivity contribution is 0.357. The van der Waals surface area contributed by atoms with E-state index in [2.05, 4.69) is 30.5 Å². The predicted octanol–water partition coefficient (Wildman–Crippen LogP) is 2.29. The van der Waals surface area contributed by atoms with Gasteiger partial charge in [0.05, 0.1) is 6.61 Å². The van der Waals surface area contributed by atoms with E-state index in [1.807, 2.05) is 12.1 Å². The summed E-state index contributed by atoms with van der Waals surface area (Å²) >= 11 is 4.11. The van der Waals surface area contributed by atoms with Crippen LogP contribution in [0.15, 0.2) is 18.2 Å². The topological polar surface area (TPSA) is 9.23 Å². The van der Waals surface area contributed by atoms with Crippen molar-refractivity contribution in [1.29, 1.82) is 0 Å². The van der Waals surface area contributed by atoms with Crippen LogP contribution in [0.3, 0.4) is 0 Å². The molecule has 14 heavy (non-hydrogen) atoms. The molecule has 72 valence electrons. The minimum Gasteiger partial charge on any atom is -0.493 e. The molecular weight excluding hydrogens is 192 g/mol. The lowest BCUT2D eigenvalue weighted by atomic mass is 10.1. The number of hydrogen-bond donors (Lipinski definition) is 1. The van der Waals surface area contributed by atoms with E-state index in [1.54, 1.807) is 0 Å². The zero-order valence-electron chi connectivity index (χ0n) is 7.92. The van der Waals surface area contributed by atoms with E-state index in [4.69, 9.17) is 4.74 Å². The fourth-order valence-corrected chi connectivity index (χ4v) is 1.60. The third-order valence-corrected chi connectivity index (χ3v) is 2.38. The number of fused-ring (bicyclic) bond motifs is 1. The lowest BCUT2D eigenvalue weighted by Crippen LogP contribution is -1.85. The average Bonchev–Trinajstić information content (AvgIpc) is 2.65.